The van der Waals surface area contributed by atoms with Crippen molar-refractivity contribution in [2.45, 2.75) is 44.7 Å². The number of hydrogen-bond donors (Lipinski definition) is 0. The normalized spacial score (nSPS) is 17.5. The van der Waals surface area contributed by atoms with Gasteiger partial charge in [0.1, 0.15) is 5.82 Å². The largest absolute Gasteiger partial charge is 0.353 e. The minimum absolute atomic E-state index is 0.0385. The van der Waals surface area contributed by atoms with Gasteiger partial charge in [-0.2, -0.15) is 5.26 Å². The number of nitrogens with zero attached hydrogens (tertiary/aromatic N) is 5. The molecular formula is C39H39N5O. The van der Waals surface area contributed by atoms with Gasteiger partial charge in [0.25, 0.3) is 5.91 Å². The highest BCUT2D eigenvalue weighted by Crippen LogP contribution is 2.35. The molecule has 2 saturated heterocycles. The van der Waals surface area contributed by atoms with Crippen LogP contribution in [-0.4, -0.2) is 60.0 Å². The lowest BCUT2D eigenvalue weighted by atomic mass is 9.98. The third-order valence-corrected chi connectivity index (χ3v) is 9.89. The van der Waals surface area contributed by atoms with Gasteiger partial charge in [0, 0.05) is 31.6 Å². The number of aromatic nitrogens is 1. The first-order valence-corrected chi connectivity index (χ1v) is 16.2. The first-order valence-electron chi connectivity index (χ1n) is 16.2. The Morgan fingerprint density at radius 2 is 1.67 bits per heavy atom. The number of hydrogen-bond acceptors (Lipinski definition) is 5. The van der Waals surface area contributed by atoms with E-state index in [0.717, 1.165) is 66.9 Å². The fourth-order valence-corrected chi connectivity index (χ4v) is 7.22. The van der Waals surface area contributed by atoms with Crippen molar-refractivity contribution in [3.05, 3.63) is 108 Å². The smallest absolute Gasteiger partial charge is 0.254 e. The van der Waals surface area contributed by atoms with Crippen LogP contribution < -0.4 is 4.90 Å². The molecule has 2 aliphatic heterocycles. The Balaban J connectivity index is 1.30. The molecule has 2 atom stereocenters. The van der Waals surface area contributed by atoms with E-state index in [4.69, 9.17) is 4.98 Å². The molecule has 2 fully saturated rings. The molecule has 226 valence electrons. The number of fused-ring (bicyclic) bond motifs is 2. The summed E-state index contributed by atoms with van der Waals surface area (Å²) in [4.78, 5) is 26.6. The summed E-state index contributed by atoms with van der Waals surface area (Å²) in [6.45, 7) is 6.21. The topological polar surface area (TPSA) is 63.5 Å². The summed E-state index contributed by atoms with van der Waals surface area (Å²) in [7, 11) is 2.08. The van der Waals surface area contributed by atoms with Gasteiger partial charge in [-0.15, -0.1) is 0 Å². The molecule has 0 spiro atoms. The molecule has 3 heterocycles. The maximum atomic E-state index is 14.6. The zero-order chi connectivity index (χ0) is 30.9. The number of nitriles is 1. The fourth-order valence-electron chi connectivity index (χ4n) is 7.22. The monoisotopic (exact) mass is 593 g/mol. The Morgan fingerprint density at radius 3 is 2.47 bits per heavy atom. The number of amides is 1. The molecule has 5 aromatic rings. The van der Waals surface area contributed by atoms with E-state index in [0.29, 0.717) is 11.1 Å². The van der Waals surface area contributed by atoms with E-state index in [1.807, 2.05) is 36.4 Å². The number of carbonyl (C=O) groups is 1. The van der Waals surface area contributed by atoms with Crippen LogP contribution in [0.4, 0.5) is 5.82 Å². The van der Waals surface area contributed by atoms with Crippen LogP contribution >= 0.6 is 0 Å². The lowest BCUT2D eigenvalue weighted by molar-refractivity contribution is 0.0710. The lowest BCUT2D eigenvalue weighted by Crippen LogP contribution is -2.42. The second-order valence-electron chi connectivity index (χ2n) is 12.6. The zero-order valence-electron chi connectivity index (χ0n) is 26.1. The first kappa shape index (κ1) is 29.0. The summed E-state index contributed by atoms with van der Waals surface area (Å²) in [5, 5.41) is 12.6. The van der Waals surface area contributed by atoms with E-state index < -0.39 is 0 Å². The molecular weight excluding hydrogens is 554 g/mol. The highest BCUT2D eigenvalue weighted by atomic mass is 16.2. The molecule has 7 rings (SSSR count). The number of rotatable bonds is 7. The number of carbonyl (C=O) groups excluding carboxylic acids is 1. The minimum Gasteiger partial charge on any atom is -0.353 e. The van der Waals surface area contributed by atoms with Crippen LogP contribution in [0.5, 0.6) is 0 Å². The molecule has 6 nitrogen and oxygen atoms in total. The van der Waals surface area contributed by atoms with Crippen molar-refractivity contribution in [3.8, 4) is 17.2 Å². The lowest BCUT2D eigenvalue weighted by Gasteiger charge is -2.30. The van der Waals surface area contributed by atoms with Gasteiger partial charge >= 0.3 is 0 Å². The Morgan fingerprint density at radius 1 is 0.911 bits per heavy atom. The predicted octanol–water partition coefficient (Wildman–Crippen LogP) is 7.82. The van der Waals surface area contributed by atoms with E-state index in [2.05, 4.69) is 89.3 Å². The Hall–Kier alpha value is -4.73. The molecule has 2 aliphatic rings. The molecule has 1 aromatic heterocycles. The number of benzene rings is 4. The summed E-state index contributed by atoms with van der Waals surface area (Å²) in [5.74, 6) is 0.876. The molecule has 0 aliphatic carbocycles. The highest BCUT2D eigenvalue weighted by Gasteiger charge is 2.33. The van der Waals surface area contributed by atoms with Crippen molar-refractivity contribution >= 4 is 33.4 Å². The Kier molecular flexibility index (Phi) is 7.95. The van der Waals surface area contributed by atoms with Crippen molar-refractivity contribution in [2.24, 2.45) is 0 Å². The Labute approximate surface area is 265 Å². The summed E-state index contributed by atoms with van der Waals surface area (Å²) < 4.78 is 0. The number of likely N-dealkylation sites (tertiary alicyclic amines) is 2. The third-order valence-electron chi connectivity index (χ3n) is 9.89. The maximum Gasteiger partial charge on any atom is 0.254 e. The number of anilines is 1. The molecule has 4 aromatic carbocycles. The standard InChI is InChI=1S/C39H39N5O/c1-27(33-13-7-10-30-9-3-4-12-34(30)33)42(2)38-24-36(39(45)44-22-8-11-32(44)26-43-20-5-6-21-43)35-23-31(18-19-37(35)41-38)29-16-14-28(25-40)15-17-29/h3-4,7,9-10,12-19,23-24,27,32H,5-6,8,11,20-22,26H2,1-2H3/t27-,32+/m1/s1. The van der Waals surface area contributed by atoms with Gasteiger partial charge in [-0.25, -0.2) is 4.98 Å². The van der Waals surface area contributed by atoms with Crippen molar-refractivity contribution in [3.63, 3.8) is 0 Å². The van der Waals surface area contributed by atoms with Gasteiger partial charge < -0.3 is 14.7 Å². The van der Waals surface area contributed by atoms with Gasteiger partial charge in [-0.3, -0.25) is 4.79 Å². The van der Waals surface area contributed by atoms with E-state index >= 15 is 0 Å². The van der Waals surface area contributed by atoms with Crippen molar-refractivity contribution in [1.29, 1.82) is 5.26 Å². The van der Waals surface area contributed by atoms with E-state index in [-0.39, 0.29) is 18.0 Å². The molecule has 45 heavy (non-hydrogen) atoms. The summed E-state index contributed by atoms with van der Waals surface area (Å²) in [5.41, 5.74) is 5.38. The van der Waals surface area contributed by atoms with E-state index in [9.17, 15) is 10.1 Å². The average molecular weight is 594 g/mol. The molecule has 0 unspecified atom stereocenters. The minimum atomic E-state index is 0.0385. The zero-order valence-corrected chi connectivity index (χ0v) is 26.1. The van der Waals surface area contributed by atoms with Crippen LogP contribution in [0, 0.1) is 11.3 Å². The van der Waals surface area contributed by atoms with Gasteiger partial charge in [-0.1, -0.05) is 60.7 Å². The fraction of sp³-hybridized carbons (Fsp3) is 0.308. The van der Waals surface area contributed by atoms with Crippen LogP contribution in [0.2, 0.25) is 0 Å². The molecule has 1 amide bonds. The average Bonchev–Trinajstić information content (AvgIpc) is 3.79. The summed E-state index contributed by atoms with van der Waals surface area (Å²) in [6.07, 6.45) is 4.58. The molecule has 0 bridgehead atoms. The van der Waals surface area contributed by atoms with Gasteiger partial charge in [0.05, 0.1) is 28.8 Å². The van der Waals surface area contributed by atoms with Crippen LogP contribution in [0.3, 0.4) is 0 Å². The van der Waals surface area contributed by atoms with E-state index in [1.54, 1.807) is 0 Å². The van der Waals surface area contributed by atoms with Crippen molar-refractivity contribution in [2.75, 3.05) is 38.1 Å². The van der Waals surface area contributed by atoms with Crippen molar-refractivity contribution < 1.29 is 4.79 Å². The third kappa shape index (κ3) is 5.65. The second kappa shape index (κ2) is 12.3. The van der Waals surface area contributed by atoms with Gasteiger partial charge in [0.15, 0.2) is 0 Å². The van der Waals surface area contributed by atoms with Crippen LogP contribution in [0.1, 0.15) is 60.1 Å². The van der Waals surface area contributed by atoms with Gasteiger partial charge in [-0.05, 0) is 103 Å². The molecule has 6 heteroatoms. The van der Waals surface area contributed by atoms with Gasteiger partial charge in [0.2, 0.25) is 0 Å². The second-order valence-corrected chi connectivity index (χ2v) is 12.6. The number of pyridine rings is 1. The summed E-state index contributed by atoms with van der Waals surface area (Å²) in [6, 6.07) is 33.2. The quantitative estimate of drug-likeness (QED) is 0.193. The molecule has 0 radical (unpaired) electrons. The van der Waals surface area contributed by atoms with Crippen LogP contribution in [0.25, 0.3) is 32.8 Å². The molecule has 0 N–H and O–H groups in total. The van der Waals surface area contributed by atoms with E-state index in [1.165, 1.54) is 29.2 Å². The van der Waals surface area contributed by atoms with Crippen LogP contribution in [0.15, 0.2) is 91.0 Å². The van der Waals surface area contributed by atoms with Crippen LogP contribution in [-0.2, 0) is 0 Å². The maximum absolute atomic E-state index is 14.6. The first-order chi connectivity index (χ1) is 22.0. The SMILES string of the molecule is C[C@H](c1cccc2ccccc12)N(C)c1cc(C(=O)N2CCC[C@H]2CN2CCCC2)c2cc(-c3ccc(C#N)cc3)ccc2n1. The summed E-state index contributed by atoms with van der Waals surface area (Å²) >= 11 is 0. The highest BCUT2D eigenvalue weighted by molar-refractivity contribution is 6.08. The predicted molar refractivity (Wildman–Crippen MR) is 182 cm³/mol. The molecule has 0 saturated carbocycles. The Bertz CT molecular complexity index is 1900. The van der Waals surface area contributed by atoms with Crippen molar-refractivity contribution in [1.82, 2.24) is 14.8 Å².